The minimum atomic E-state index is -3.20. The molecule has 1 N–H and O–H groups in total. The Morgan fingerprint density at radius 2 is 0.986 bits per heavy atom. The molecule has 0 spiro atoms. The fraction of sp³-hybridized carbons (Fsp3) is 0.897. The van der Waals surface area contributed by atoms with Crippen molar-refractivity contribution in [3.05, 3.63) is 40.7 Å². The van der Waals surface area contributed by atoms with Gasteiger partial charge in [0.05, 0.1) is 93.2 Å². The van der Waals surface area contributed by atoms with Gasteiger partial charge in [-0.15, -0.1) is 0 Å². The van der Waals surface area contributed by atoms with Gasteiger partial charge >= 0.3 is 0 Å². The van der Waals surface area contributed by atoms with Gasteiger partial charge in [0.25, 0.3) is 0 Å². The molecule has 4 atom stereocenters. The van der Waals surface area contributed by atoms with Crippen molar-refractivity contribution in [3.63, 3.8) is 0 Å². The lowest BCUT2D eigenvalue weighted by Crippen LogP contribution is -2.63. The van der Waals surface area contributed by atoms with Gasteiger partial charge < -0.3 is 43.8 Å². The van der Waals surface area contributed by atoms with Gasteiger partial charge in [0.15, 0.2) is 9.84 Å². The van der Waals surface area contributed by atoms with Crippen molar-refractivity contribution in [1.29, 1.82) is 5.26 Å². The van der Waals surface area contributed by atoms with Gasteiger partial charge in [-0.1, -0.05) is 172 Å². The minimum absolute atomic E-state index is 0.0608. The van der Waals surface area contributed by atoms with Crippen LogP contribution < -0.4 is 0 Å². The molecule has 3 unspecified atom stereocenters. The Labute approximate surface area is 897 Å². The van der Waals surface area contributed by atoms with Crippen LogP contribution in [0.1, 0.15) is 324 Å². The third-order valence-electron chi connectivity index (χ3n) is 35.1. The summed E-state index contributed by atoms with van der Waals surface area (Å²) in [5.74, 6) is 13.6. The molecule has 0 radical (unpaired) electrons. The van der Waals surface area contributed by atoms with E-state index >= 15 is 0 Å². The maximum atomic E-state index is 12.5. The van der Waals surface area contributed by atoms with Gasteiger partial charge in [-0.2, -0.15) is 5.26 Å². The van der Waals surface area contributed by atoms with Crippen LogP contribution in [0, 0.1) is 116 Å². The molecular formula is C117H216FN13O13S3. The van der Waals surface area contributed by atoms with Crippen molar-refractivity contribution < 1.29 is 63.3 Å². The standard InChI is InChI=1S/C15H29N3O.C15H28N2O.C14H26N2O2.C13H22N2O.C12H19N.C11H22FN.C10H21NO3S.C10H15NO2S.C9H18O2S.C8H16O/c1-13(2)14-4-6-18(7-5-14)15(19)12-17-10-8-16(3)9-11-17;1-12(2)13-7-10-17(11-8-13)15(18)14-6-4-5-9-16(14)3;1-11(2)12-4-6-16(7-5-12)14(17)13-10-18-9-8-15(13)3;1-11(2)12-3-7-15(8-4-12)13(5-6-14)9-16-10-13;1-12(2,3)11-5-4-9-7-13-8-10(9)6-11;1-11(2,3)10-4-7-13(8-5-10)9-6-12;1-9(2)10-3-5-11(6-4-10)15(13,14)8-7-12;1-8(2)10-5-4-9(6-11-10)7-14(3,12)13;1-9(2,3)8-4-6-12(10,11)7-5-8;1-7(2)8-4-3-5-9-6-8/h13-14H,4-12H2,1-3H3;12-14H,4-11H2,1-3H3;11-13H,4-10H2,1-3H3;11-12H,3-5,7-10H2,1-2H3;8,11H,4-7H2,1-3H3;10H,4-9H2,1-3H3;9-10,12H,3-8H2,1-2H3;4-6,8H,7H2,1-3H3;8H,4-7H2,1-3H3;7-8H,3-6H2,1-2H3/t;;;;;;;;;8-/m.........0/s1. The maximum absolute atomic E-state index is 12.5. The summed E-state index contributed by atoms with van der Waals surface area (Å²) < 4.78 is 97.2. The summed E-state index contributed by atoms with van der Waals surface area (Å²) in [6.07, 6.45) is 31.4. The first kappa shape index (κ1) is 131. The van der Waals surface area contributed by atoms with Crippen LogP contribution in [0.15, 0.2) is 34.5 Å². The Morgan fingerprint density at radius 1 is 0.517 bits per heavy atom. The van der Waals surface area contributed by atoms with Crippen molar-refractivity contribution in [2.24, 2.45) is 110 Å². The van der Waals surface area contributed by atoms with Crippen LogP contribution in [-0.4, -0.2) is 360 Å². The fourth-order valence-corrected chi connectivity index (χ4v) is 26.7. The molecule has 26 nitrogen and oxygen atoms in total. The highest BCUT2D eigenvalue weighted by atomic mass is 32.2. The lowest BCUT2D eigenvalue weighted by atomic mass is 9.71. The number of aliphatic imine (C=N–C) groups is 1. The van der Waals surface area contributed by atoms with E-state index in [4.69, 9.17) is 24.6 Å². The Morgan fingerprint density at radius 3 is 1.39 bits per heavy atom. The number of halogens is 1. The second-order valence-corrected chi connectivity index (χ2v) is 58.0. The number of hydrogen-bond donors (Lipinski definition) is 1. The first-order valence-corrected chi connectivity index (χ1v) is 63.4. The van der Waals surface area contributed by atoms with Crippen LogP contribution in [0.5, 0.6) is 0 Å². The molecule has 15 rings (SSSR count). The number of amides is 3. The number of nitriles is 1. The summed E-state index contributed by atoms with van der Waals surface area (Å²) >= 11 is 0. The zero-order chi connectivity index (χ0) is 109. The molecule has 13 aliphatic heterocycles. The van der Waals surface area contributed by atoms with Gasteiger partial charge in [0.2, 0.25) is 27.7 Å². The number of piperazine rings is 1. The van der Waals surface area contributed by atoms with Crippen LogP contribution in [-0.2, 0) is 64.0 Å². The summed E-state index contributed by atoms with van der Waals surface area (Å²) in [5.41, 5.74) is 6.13. The lowest BCUT2D eigenvalue weighted by Gasteiger charge is -2.51. The lowest BCUT2D eigenvalue weighted by molar-refractivity contribution is -0.146. The number of piperidine rings is 7. The molecule has 12 fully saturated rings. The number of aliphatic hydroxyl groups is 1. The molecule has 1 aliphatic carbocycles. The number of nitrogens with zero attached hydrogens (tertiary/aromatic N) is 13. The number of alkyl halides is 1. The first-order valence-electron chi connectivity index (χ1n) is 57.9. The smallest absolute Gasteiger partial charge is 0.242 e. The molecule has 0 aromatic carbocycles. The van der Waals surface area contributed by atoms with Gasteiger partial charge in [0.1, 0.15) is 22.6 Å². The maximum Gasteiger partial charge on any atom is 0.242 e. The zero-order valence-corrected chi connectivity index (χ0v) is 101. The number of ether oxygens (including phenoxy) is 3. The van der Waals surface area contributed by atoms with Crippen molar-refractivity contribution in [2.45, 2.75) is 336 Å². The monoisotopic (exact) mass is 2130 g/mol. The summed E-state index contributed by atoms with van der Waals surface area (Å²) in [4.78, 5) is 65.8. The Balaban J connectivity index is 0.000000251. The van der Waals surface area contributed by atoms with E-state index in [1.165, 1.54) is 107 Å². The van der Waals surface area contributed by atoms with Crippen molar-refractivity contribution in [3.8, 4) is 6.07 Å². The normalized spacial score (nSPS) is 24.4. The number of likely N-dealkylation sites (tertiary alicyclic amines) is 6. The Hall–Kier alpha value is -4.20. The molecule has 0 saturated carbocycles. The number of pyridine rings is 1. The third kappa shape index (κ3) is 47.0. The number of likely N-dealkylation sites (N-methyl/N-ethyl adjacent to an activating group) is 3. The minimum Gasteiger partial charge on any atom is -0.395 e. The molecule has 1 aromatic rings. The summed E-state index contributed by atoms with van der Waals surface area (Å²) in [6.45, 7) is 76.2. The molecule has 30 heteroatoms. The number of carbonyl (C=O) groups is 3. The summed E-state index contributed by atoms with van der Waals surface area (Å²) in [7, 11) is -2.56. The van der Waals surface area contributed by atoms with Crippen LogP contribution in [0.4, 0.5) is 4.39 Å². The van der Waals surface area contributed by atoms with Gasteiger partial charge in [0, 0.05) is 129 Å². The van der Waals surface area contributed by atoms with Crippen LogP contribution >= 0.6 is 0 Å². The number of allylic oxidation sites excluding steroid dienone is 1. The van der Waals surface area contributed by atoms with Crippen molar-refractivity contribution >= 4 is 53.6 Å². The number of morpholine rings is 1. The van der Waals surface area contributed by atoms with Crippen molar-refractivity contribution in [1.82, 2.24) is 53.4 Å². The van der Waals surface area contributed by atoms with Crippen LogP contribution in [0.3, 0.4) is 0 Å². The number of aliphatic hydroxyl groups excluding tert-OH is 1. The van der Waals surface area contributed by atoms with E-state index in [9.17, 15) is 44.0 Å². The average Bonchev–Trinajstić information content (AvgIpc) is 1.14. The highest BCUT2D eigenvalue weighted by molar-refractivity contribution is 7.91. The number of sulfonamides is 1. The van der Waals surface area contributed by atoms with E-state index in [-0.39, 0.29) is 53.7 Å². The molecule has 0 bridgehead atoms. The third-order valence-corrected chi connectivity index (χ3v) is 39.5. The van der Waals surface area contributed by atoms with E-state index in [2.05, 4.69) is 235 Å². The highest BCUT2D eigenvalue weighted by Gasteiger charge is 2.46. The van der Waals surface area contributed by atoms with E-state index < -0.39 is 29.7 Å². The highest BCUT2D eigenvalue weighted by Crippen LogP contribution is 2.43. The predicted molar refractivity (Wildman–Crippen MR) is 605 cm³/mol. The first-order chi connectivity index (χ1) is 69.0. The van der Waals surface area contributed by atoms with Crippen LogP contribution in [0.25, 0.3) is 0 Å². The number of aromatic nitrogens is 1. The van der Waals surface area contributed by atoms with E-state index in [0.29, 0.717) is 97.0 Å². The van der Waals surface area contributed by atoms with E-state index in [0.717, 1.165) is 272 Å². The SMILES string of the molecule is CC(C)(C)C1CCC2=C(C=NC2)C1.CC(C)(C)C1CCN(CCF)CC1.CC(C)(C)C1CCS(=O)(=O)CC1.CC(C)C1CCN(C(=O)C2CCCCN2C)CC1.CC(C)C1CCN(C(=O)C2COCCN2C)CC1.CC(C)C1CCN(C(=O)CN2CCN(C)CC2)CC1.CC(C)C1CCN(C2(CC#N)COC2)CC1.CC(C)C1CCN(S(=O)(=O)CCO)CC1.CC(C)[C@H]1CCCOC1.CC(C)c1ccc(CS(C)(=O)=O)cn1. The topological polar surface area (TPSA) is 283 Å². The fourth-order valence-electron chi connectivity index (χ4n) is 23.1. The molecule has 14 aliphatic rings. The molecule has 14 heterocycles. The Bertz CT molecular complexity index is 4260. The Kier molecular flexibility index (Phi) is 57.7. The average molecular weight is 2130 g/mol. The quantitative estimate of drug-likeness (QED) is 0.127. The second-order valence-electron chi connectivity index (χ2n) is 51.5. The van der Waals surface area contributed by atoms with E-state index in [1.54, 1.807) is 17.3 Å². The van der Waals surface area contributed by atoms with Crippen molar-refractivity contribution in [2.75, 3.05) is 235 Å². The number of rotatable bonds is 20. The molecular weight excluding hydrogens is 1910 g/mol. The molecule has 3 amide bonds. The predicted octanol–water partition coefficient (Wildman–Crippen LogP) is 19.0. The van der Waals surface area contributed by atoms with E-state index in [1.807, 2.05) is 24.1 Å². The van der Waals surface area contributed by atoms with Gasteiger partial charge in [-0.25, -0.2) is 33.9 Å². The molecule has 147 heavy (non-hydrogen) atoms. The second kappa shape index (κ2) is 64.5. The zero-order valence-electron chi connectivity index (χ0n) is 98.1. The molecule has 852 valence electrons. The number of sulfone groups is 2. The summed E-state index contributed by atoms with van der Waals surface area (Å²) in [5, 5.41) is 17.6. The van der Waals surface area contributed by atoms with Gasteiger partial charge in [-0.05, 0) is 322 Å². The van der Waals surface area contributed by atoms with Crippen LogP contribution in [0.2, 0.25) is 0 Å². The summed E-state index contributed by atoms with van der Waals surface area (Å²) in [6, 6.07) is 6.12. The number of carbonyl (C=O) groups excluding carboxylic acids is 3. The molecule has 12 saturated heterocycles. The largest absolute Gasteiger partial charge is 0.395 e. The number of hydrogen-bond acceptors (Lipinski definition) is 22. The van der Waals surface area contributed by atoms with Gasteiger partial charge in [-0.3, -0.25) is 44.0 Å². The molecule has 1 aromatic heterocycles.